The van der Waals surface area contributed by atoms with Crippen molar-refractivity contribution in [3.05, 3.63) is 71.3 Å². The topological polar surface area (TPSA) is 471 Å². The van der Waals surface area contributed by atoms with Crippen molar-refractivity contribution in [1.29, 1.82) is 0 Å². The highest BCUT2D eigenvalue weighted by Gasteiger charge is 2.63. The molecule has 0 radical (unpaired) electrons. The molecule has 10 rings (SSSR count). The molecule has 8 heterocycles. The van der Waals surface area contributed by atoms with Gasteiger partial charge in [-0.3, -0.25) is 48.1 Å². The fourth-order valence-electron chi connectivity index (χ4n) is 17.5. The van der Waals surface area contributed by atoms with E-state index >= 15 is 0 Å². The summed E-state index contributed by atoms with van der Waals surface area (Å²) >= 11 is 0. The number of carbonyl (C=O) groups is 9. The van der Waals surface area contributed by atoms with Gasteiger partial charge in [-0.15, -0.1) is 0 Å². The van der Waals surface area contributed by atoms with E-state index in [4.69, 9.17) is 161 Å². The zero-order valence-corrected chi connectivity index (χ0v) is 76.1. The van der Waals surface area contributed by atoms with Gasteiger partial charge in [-0.25, -0.2) is 0 Å². The number of rotatable bonds is 43. The fraction of sp³-hybridized carbons (Fsp3) is 0.753. The largest absolute Gasteiger partial charge is 0.463 e. The smallest absolute Gasteiger partial charge is 0.303 e. The monoisotopic (exact) mass is 1850 g/mol. The summed E-state index contributed by atoms with van der Waals surface area (Å²) in [7, 11) is 18.6. The maximum absolute atomic E-state index is 14.6. The van der Waals surface area contributed by atoms with Gasteiger partial charge >= 0.3 is 41.8 Å². The number of hydrogen-bond acceptors (Lipinski definition) is 43. The molecule has 8 aliphatic rings. The first-order valence-corrected chi connectivity index (χ1v) is 41.9. The number of methoxy groups -OCH3 is 13. The number of nitrogens with zero attached hydrogens (tertiary/aromatic N) is 1. The minimum Gasteiger partial charge on any atom is -0.463 e. The van der Waals surface area contributed by atoms with Crippen LogP contribution in [0.25, 0.3) is 0 Å². The van der Waals surface area contributed by atoms with E-state index in [1.807, 2.05) is 37.3 Å². The van der Waals surface area contributed by atoms with Crippen molar-refractivity contribution in [1.82, 2.24) is 4.90 Å². The van der Waals surface area contributed by atoms with Crippen LogP contribution < -0.4 is 0 Å². The molecule has 2 aromatic rings. The van der Waals surface area contributed by atoms with Crippen molar-refractivity contribution in [2.24, 2.45) is 0 Å². The first-order valence-electron chi connectivity index (χ1n) is 41.9. The van der Waals surface area contributed by atoms with E-state index in [2.05, 4.69) is 0 Å². The Morgan fingerprint density at radius 2 is 0.543 bits per heavy atom. The molecule has 0 N–H and O–H groups in total. The molecule has 44 heteroatoms. The summed E-state index contributed by atoms with van der Waals surface area (Å²) in [6.07, 6.45) is -47.5. The first-order chi connectivity index (χ1) is 61.9. The normalized spacial score (nSPS) is 37.1. The van der Waals surface area contributed by atoms with Crippen molar-refractivity contribution in [2.75, 3.05) is 139 Å². The van der Waals surface area contributed by atoms with Gasteiger partial charge in [-0.05, 0) is 24.6 Å². The van der Waals surface area contributed by atoms with Crippen LogP contribution in [0, 0.1) is 0 Å². The second kappa shape index (κ2) is 49.2. The fourth-order valence-corrected chi connectivity index (χ4v) is 17.5. The highest BCUT2D eigenvalue weighted by molar-refractivity contribution is 6.21. The number of benzene rings is 2. The van der Waals surface area contributed by atoms with Crippen LogP contribution in [0.2, 0.25) is 0 Å². The highest BCUT2D eigenvalue weighted by atomic mass is 16.8. The predicted octanol–water partition coefficient (Wildman–Crippen LogP) is 0.821. The van der Waals surface area contributed by atoms with Gasteiger partial charge in [-0.1, -0.05) is 42.5 Å². The van der Waals surface area contributed by atoms with E-state index in [0.29, 0.717) is 6.61 Å². The molecule has 0 saturated carbocycles. The average Bonchev–Trinajstić information content (AvgIpc) is 1.00. The lowest BCUT2D eigenvalue weighted by atomic mass is 9.94. The Labute approximate surface area is 746 Å². The molecule has 8 aliphatic heterocycles. The minimum atomic E-state index is -2.06. The van der Waals surface area contributed by atoms with Crippen LogP contribution in [0.15, 0.2) is 54.6 Å². The maximum Gasteiger partial charge on any atom is 0.303 e. The molecule has 0 bridgehead atoms. The van der Waals surface area contributed by atoms with E-state index in [1.165, 1.54) is 90.3 Å². The Hall–Kier alpha value is -7.21. The molecule has 0 aromatic heterocycles. The summed E-state index contributed by atoms with van der Waals surface area (Å²) in [5.41, 5.74) is 1.01. The molecule has 35 atom stereocenters. The lowest BCUT2D eigenvalue weighted by Gasteiger charge is -2.52. The quantitative estimate of drug-likeness (QED) is 0.0504. The third-order valence-electron chi connectivity index (χ3n) is 22.9. The van der Waals surface area contributed by atoms with Crippen molar-refractivity contribution in [3.63, 3.8) is 0 Å². The second-order valence-corrected chi connectivity index (χ2v) is 31.4. The molecule has 7 fully saturated rings. The number of fused-ring (bicyclic) bond motifs is 1. The van der Waals surface area contributed by atoms with Crippen LogP contribution in [-0.4, -0.2) is 412 Å². The van der Waals surface area contributed by atoms with Gasteiger partial charge in [0, 0.05) is 141 Å². The molecule has 129 heavy (non-hydrogen) atoms. The number of ether oxygens (including phenoxy) is 34. The van der Waals surface area contributed by atoms with Crippen molar-refractivity contribution < 1.29 is 204 Å². The van der Waals surface area contributed by atoms with E-state index in [-0.39, 0.29) is 37.6 Å². The Morgan fingerprint density at radius 1 is 0.279 bits per heavy atom. The third kappa shape index (κ3) is 25.1. The molecular formula is C85H123NO43. The number of hydrogen-bond donors (Lipinski definition) is 0. The maximum atomic E-state index is 14.6. The van der Waals surface area contributed by atoms with Crippen molar-refractivity contribution in [3.8, 4) is 0 Å². The van der Waals surface area contributed by atoms with E-state index < -0.39 is 288 Å². The molecule has 2 amide bonds. The lowest BCUT2D eigenvalue weighted by Crippen LogP contribution is -2.70. The number of amides is 2. The van der Waals surface area contributed by atoms with Crippen LogP contribution in [0.1, 0.15) is 81.7 Å². The van der Waals surface area contributed by atoms with Gasteiger partial charge in [0.1, 0.15) is 154 Å². The number of esters is 7. The molecule has 0 spiro atoms. The van der Waals surface area contributed by atoms with Gasteiger partial charge in [0.15, 0.2) is 68.3 Å². The zero-order chi connectivity index (χ0) is 93.8. The van der Waals surface area contributed by atoms with Gasteiger partial charge in [0.05, 0.1) is 56.8 Å². The van der Waals surface area contributed by atoms with Crippen LogP contribution in [0.4, 0.5) is 0 Å². The SMILES string of the molecule is COCC1O[C@@H](O[C@H]2C(OC)C(OC)[C@@H](O[C@H]3C(OC)C(OC)[C@H](O[C@@H]4C(COCc5ccccc5)O[C@@H](C)C(OC)[C@@H]4OC)O[C@H]3COC)O[C@H]2COC)C(OC)[C@@H](OC)[C@@H]1O[C@@H]1OC(CN2C(=O)c3ccccc3C2=O)[C@@H](O[C@@H]2OC(COC(C)=O)[C@@H](O[C@H]3OC(COC(C)=O)[C@@H](OC(C)=O)C(OC(C)=O)C3OC(C)=O)C(OC(C)=O)C2OC(C)=O)[C@@H](OC)C1OC. The molecule has 16 unspecified atom stereocenters. The highest BCUT2D eigenvalue weighted by Crippen LogP contribution is 2.44. The molecule has 726 valence electrons. The number of carbonyl (C=O) groups excluding carboxylic acids is 9. The van der Waals surface area contributed by atoms with E-state index in [0.717, 1.165) is 58.9 Å². The second-order valence-electron chi connectivity index (χ2n) is 31.4. The summed E-state index contributed by atoms with van der Waals surface area (Å²) in [6, 6.07) is 15.7. The molecule has 7 saturated heterocycles. The summed E-state index contributed by atoms with van der Waals surface area (Å²) in [5.74, 6) is -8.39. The Kier molecular flexibility index (Phi) is 39.6. The summed E-state index contributed by atoms with van der Waals surface area (Å²) < 4.78 is 215. The van der Waals surface area contributed by atoms with Gasteiger partial charge in [0.25, 0.3) is 11.8 Å². The third-order valence-corrected chi connectivity index (χ3v) is 22.9. The van der Waals surface area contributed by atoms with Crippen LogP contribution >= 0.6 is 0 Å². The molecule has 44 nitrogen and oxygen atoms in total. The zero-order valence-electron chi connectivity index (χ0n) is 76.1. The summed E-state index contributed by atoms with van der Waals surface area (Å²) in [4.78, 5) is 122. The van der Waals surface area contributed by atoms with Crippen LogP contribution in [0.5, 0.6) is 0 Å². The molecular weight excluding hydrogens is 1720 g/mol. The van der Waals surface area contributed by atoms with Crippen molar-refractivity contribution in [2.45, 2.75) is 277 Å². The van der Waals surface area contributed by atoms with Crippen molar-refractivity contribution >= 4 is 53.6 Å². The number of imide groups is 1. The van der Waals surface area contributed by atoms with Gasteiger partial charge in [-0.2, -0.15) is 0 Å². The van der Waals surface area contributed by atoms with Gasteiger partial charge in [0.2, 0.25) is 0 Å². The van der Waals surface area contributed by atoms with Crippen LogP contribution in [0.3, 0.4) is 0 Å². The first kappa shape index (κ1) is 104. The summed E-state index contributed by atoms with van der Waals surface area (Å²) in [5, 5.41) is 0. The van der Waals surface area contributed by atoms with E-state index in [1.54, 1.807) is 26.4 Å². The van der Waals surface area contributed by atoms with Crippen LogP contribution in [-0.2, 0) is 201 Å². The minimum absolute atomic E-state index is 0.0300. The Bertz CT molecular complexity index is 3890. The predicted molar refractivity (Wildman–Crippen MR) is 428 cm³/mol. The Balaban J connectivity index is 0.944. The molecule has 0 aliphatic carbocycles. The van der Waals surface area contributed by atoms with E-state index in [9.17, 15) is 43.2 Å². The van der Waals surface area contributed by atoms with Gasteiger partial charge < -0.3 is 161 Å². The average molecular weight is 1850 g/mol. The Morgan fingerprint density at radius 3 is 0.868 bits per heavy atom. The molecule has 2 aromatic carbocycles. The standard InChI is InChI=1S/C85H123NO43/c1-39-57(99-12)65(100-13)62(54(112-39)36-109-32-47-27-23-22-24-28-47)128-83-75(108-21)69(104-17)61(53(121-83)35-98-11)127-82-74(107-20)68(103-16)60(52(120-82)34-97-10)126-81-73(106-19)67(102-15)59(51(119-81)33-96-9)125-80-72(105-18)66(101-14)58(50(118-80)31-86-78(94)48-29-25-26-30-49(48)79(86)95)124-84-77(117-46(8)93)71(115-44(6)91)64(56(123-84)38-111-41(3)88)129-85-76(116-45(7)92)70(114-43(5)90)63(113-42(4)89)55(122-85)37-110-40(2)87/h22-30,39,50-77,80-85H,31-38H2,1-21H3/t39-,50?,51?,52-,53-,54?,55?,56?,57?,58+,59+,60+,61+,62+,63+,64+,65-,66+,67-,68?,69?,70?,71?,72?,73?,74?,75?,76?,77?,80-,81-,82+,83-,84-,85+/m0/s1. The lowest BCUT2D eigenvalue weighted by molar-refractivity contribution is -0.401. The summed E-state index contributed by atoms with van der Waals surface area (Å²) in [6.45, 7) is 6.63.